The molecule has 1 N–H and O–H groups in total. The number of nitrogens with zero attached hydrogens (tertiary/aromatic N) is 7. The molecule has 9 nitrogen and oxygen atoms in total. The lowest BCUT2D eigenvalue weighted by molar-refractivity contribution is 0.0740. The zero-order valence-electron chi connectivity index (χ0n) is 18.6. The van der Waals surface area contributed by atoms with Crippen molar-refractivity contribution in [2.45, 2.75) is 13.8 Å². The van der Waals surface area contributed by atoms with Crippen LogP contribution in [0.15, 0.2) is 54.9 Å². The number of hydrogen-bond acceptors (Lipinski definition) is 8. The molecule has 9 heteroatoms. The Balaban J connectivity index is 1.27. The Hall–Kier alpha value is -4.14. The molecule has 1 fully saturated rings. The quantitative estimate of drug-likeness (QED) is 0.517. The second-order valence-electron chi connectivity index (χ2n) is 8.03. The molecule has 1 aromatic carbocycles. The normalized spacial score (nSPS) is 13.9. The number of fused-ring (bicyclic) bond motifs is 1. The van der Waals surface area contributed by atoms with Crippen molar-refractivity contribution < 1.29 is 4.79 Å². The van der Waals surface area contributed by atoms with Gasteiger partial charge in [0.1, 0.15) is 29.0 Å². The molecule has 4 aromatic rings. The lowest BCUT2D eigenvalue weighted by atomic mass is 10.2. The number of aryl methyl sites for hydroxylation is 2. The van der Waals surface area contributed by atoms with E-state index < -0.39 is 0 Å². The fraction of sp³-hybridized carbons (Fsp3) is 0.250. The van der Waals surface area contributed by atoms with Crippen LogP contribution in [0.3, 0.4) is 0 Å². The van der Waals surface area contributed by atoms with Gasteiger partial charge in [0.25, 0.3) is 5.91 Å². The molecule has 33 heavy (non-hydrogen) atoms. The van der Waals surface area contributed by atoms with Crippen LogP contribution < -0.4 is 10.2 Å². The van der Waals surface area contributed by atoms with Gasteiger partial charge >= 0.3 is 0 Å². The molecule has 3 aromatic heterocycles. The van der Waals surface area contributed by atoms with Gasteiger partial charge < -0.3 is 15.1 Å². The molecule has 1 aliphatic rings. The van der Waals surface area contributed by atoms with E-state index >= 15 is 0 Å². The molecule has 4 heterocycles. The van der Waals surface area contributed by atoms with Crippen LogP contribution in [0.25, 0.3) is 11.0 Å². The third-order valence-electron chi connectivity index (χ3n) is 5.55. The summed E-state index contributed by atoms with van der Waals surface area (Å²) in [6.07, 6.45) is 3.32. The van der Waals surface area contributed by atoms with Gasteiger partial charge in [0.2, 0.25) is 0 Å². The lowest BCUT2D eigenvalue weighted by Crippen LogP contribution is -2.49. The Morgan fingerprint density at radius 3 is 2.45 bits per heavy atom. The third-order valence-corrected chi connectivity index (χ3v) is 5.55. The zero-order valence-corrected chi connectivity index (χ0v) is 18.6. The number of piperazine rings is 1. The molecule has 0 radical (unpaired) electrons. The SMILES string of the molecule is Cc1ccnc(Nc2cc(N3CCN(C(=O)c4cnc5ccccc5n4)CC3)nc(C)n2)c1. The summed E-state index contributed by atoms with van der Waals surface area (Å²) in [6, 6.07) is 13.4. The Morgan fingerprint density at radius 2 is 1.67 bits per heavy atom. The highest BCUT2D eigenvalue weighted by Crippen LogP contribution is 2.21. The smallest absolute Gasteiger partial charge is 0.274 e. The number of pyridine rings is 1. The lowest BCUT2D eigenvalue weighted by Gasteiger charge is -2.35. The highest BCUT2D eigenvalue weighted by molar-refractivity contribution is 5.94. The van der Waals surface area contributed by atoms with E-state index in [4.69, 9.17) is 0 Å². The average Bonchev–Trinajstić information content (AvgIpc) is 2.83. The number of carbonyl (C=O) groups is 1. The summed E-state index contributed by atoms with van der Waals surface area (Å²) < 4.78 is 0. The summed E-state index contributed by atoms with van der Waals surface area (Å²) in [6.45, 7) is 6.40. The molecule has 5 rings (SSSR count). The maximum Gasteiger partial charge on any atom is 0.274 e. The van der Waals surface area contributed by atoms with Crippen LogP contribution in [0.1, 0.15) is 21.9 Å². The van der Waals surface area contributed by atoms with Crippen LogP contribution in [0, 0.1) is 13.8 Å². The first kappa shape index (κ1) is 20.7. The van der Waals surface area contributed by atoms with Crippen molar-refractivity contribution in [2.75, 3.05) is 36.4 Å². The Labute approximate surface area is 191 Å². The first-order valence-electron chi connectivity index (χ1n) is 10.9. The van der Waals surface area contributed by atoms with Crippen molar-refractivity contribution >= 4 is 34.4 Å². The average molecular weight is 441 g/mol. The minimum atomic E-state index is -0.0975. The van der Waals surface area contributed by atoms with Crippen molar-refractivity contribution in [2.24, 2.45) is 0 Å². The third kappa shape index (κ3) is 4.57. The van der Waals surface area contributed by atoms with Gasteiger partial charge in [-0.05, 0) is 43.7 Å². The number of rotatable bonds is 4. The van der Waals surface area contributed by atoms with Crippen LogP contribution in [0.2, 0.25) is 0 Å². The predicted molar refractivity (Wildman–Crippen MR) is 127 cm³/mol. The number of hydrogen-bond donors (Lipinski definition) is 1. The van der Waals surface area contributed by atoms with Gasteiger partial charge in [0.05, 0.1) is 17.2 Å². The fourth-order valence-electron chi connectivity index (χ4n) is 3.87. The molecule has 0 unspecified atom stereocenters. The van der Waals surface area contributed by atoms with Crippen molar-refractivity contribution in [3.63, 3.8) is 0 Å². The minimum absolute atomic E-state index is 0.0975. The molecule has 0 atom stereocenters. The predicted octanol–water partition coefficient (Wildman–Crippen LogP) is 3.14. The maximum atomic E-state index is 13.0. The topological polar surface area (TPSA) is 100 Å². The highest BCUT2D eigenvalue weighted by Gasteiger charge is 2.24. The van der Waals surface area contributed by atoms with Gasteiger partial charge in [-0.2, -0.15) is 0 Å². The summed E-state index contributed by atoms with van der Waals surface area (Å²) in [5.41, 5.74) is 3.00. The second kappa shape index (κ2) is 8.78. The Kier molecular flexibility index (Phi) is 5.52. The first-order chi connectivity index (χ1) is 16.0. The summed E-state index contributed by atoms with van der Waals surface area (Å²) in [5.74, 6) is 2.84. The summed E-state index contributed by atoms with van der Waals surface area (Å²) in [7, 11) is 0. The number of aromatic nitrogens is 5. The van der Waals surface area contributed by atoms with E-state index in [0.29, 0.717) is 43.5 Å². The molecule has 1 aliphatic heterocycles. The largest absolute Gasteiger partial charge is 0.353 e. The van der Waals surface area contributed by atoms with E-state index in [-0.39, 0.29) is 5.91 Å². The number of anilines is 3. The van der Waals surface area contributed by atoms with Crippen LogP contribution in [-0.4, -0.2) is 61.9 Å². The Bertz CT molecular complexity index is 1320. The molecule has 0 bridgehead atoms. The minimum Gasteiger partial charge on any atom is -0.353 e. The molecule has 0 aliphatic carbocycles. The van der Waals surface area contributed by atoms with E-state index in [1.807, 2.05) is 61.2 Å². The molecule has 1 amide bonds. The van der Waals surface area contributed by atoms with Crippen LogP contribution in [-0.2, 0) is 0 Å². The van der Waals surface area contributed by atoms with E-state index in [9.17, 15) is 4.79 Å². The molecule has 1 saturated heterocycles. The van der Waals surface area contributed by atoms with E-state index in [1.165, 1.54) is 0 Å². The number of benzene rings is 1. The van der Waals surface area contributed by atoms with E-state index in [0.717, 1.165) is 28.2 Å². The maximum absolute atomic E-state index is 13.0. The van der Waals surface area contributed by atoms with Gasteiger partial charge in [-0.1, -0.05) is 12.1 Å². The molecule has 0 saturated carbocycles. The molecule has 0 spiro atoms. The number of para-hydroxylation sites is 2. The monoisotopic (exact) mass is 440 g/mol. The Morgan fingerprint density at radius 1 is 0.879 bits per heavy atom. The summed E-state index contributed by atoms with van der Waals surface area (Å²) in [5, 5.41) is 3.26. The number of amides is 1. The second-order valence-corrected chi connectivity index (χ2v) is 8.03. The van der Waals surface area contributed by atoms with E-state index in [2.05, 4.69) is 35.1 Å². The number of nitrogens with one attached hydrogen (secondary N) is 1. The van der Waals surface area contributed by atoms with Crippen LogP contribution in [0.4, 0.5) is 17.5 Å². The van der Waals surface area contributed by atoms with Gasteiger partial charge in [-0.25, -0.2) is 19.9 Å². The van der Waals surface area contributed by atoms with Gasteiger partial charge in [-0.15, -0.1) is 0 Å². The highest BCUT2D eigenvalue weighted by atomic mass is 16.2. The first-order valence-corrected chi connectivity index (χ1v) is 10.9. The molecular weight excluding hydrogens is 416 g/mol. The van der Waals surface area contributed by atoms with Gasteiger partial charge in [-0.3, -0.25) is 9.78 Å². The molecular formula is C24H24N8O. The van der Waals surface area contributed by atoms with Crippen molar-refractivity contribution in [1.82, 2.24) is 29.8 Å². The zero-order chi connectivity index (χ0) is 22.8. The van der Waals surface area contributed by atoms with Crippen molar-refractivity contribution in [1.29, 1.82) is 0 Å². The van der Waals surface area contributed by atoms with Crippen LogP contribution in [0.5, 0.6) is 0 Å². The van der Waals surface area contributed by atoms with Gasteiger partial charge in [0, 0.05) is 38.4 Å². The summed E-state index contributed by atoms with van der Waals surface area (Å²) in [4.78, 5) is 39.3. The van der Waals surface area contributed by atoms with E-state index in [1.54, 1.807) is 12.4 Å². The van der Waals surface area contributed by atoms with Crippen molar-refractivity contribution in [3.05, 3.63) is 71.9 Å². The van der Waals surface area contributed by atoms with Crippen LogP contribution >= 0.6 is 0 Å². The summed E-state index contributed by atoms with van der Waals surface area (Å²) >= 11 is 0. The molecule has 166 valence electrons. The van der Waals surface area contributed by atoms with Crippen molar-refractivity contribution in [3.8, 4) is 0 Å². The standard InChI is InChI=1S/C24H24N8O/c1-16-7-8-25-21(13-16)30-22-14-23(28-17(2)27-22)31-9-11-32(12-10-31)24(33)20-15-26-18-5-3-4-6-19(18)29-20/h3-8,13-15H,9-12H2,1-2H3,(H,25,27,28,30). The number of carbonyl (C=O) groups excluding carboxylic acids is 1. The van der Waals surface area contributed by atoms with Gasteiger partial charge in [0.15, 0.2) is 0 Å². The fourth-order valence-corrected chi connectivity index (χ4v) is 3.87.